The van der Waals surface area contributed by atoms with E-state index >= 15 is 0 Å². The number of carbonyl (C=O) groups is 1. The van der Waals surface area contributed by atoms with Crippen molar-refractivity contribution < 1.29 is 9.90 Å². The van der Waals surface area contributed by atoms with Crippen LogP contribution in [0.5, 0.6) is 0 Å². The molecule has 2 unspecified atom stereocenters. The second-order valence-corrected chi connectivity index (χ2v) is 8.22. The van der Waals surface area contributed by atoms with Crippen molar-refractivity contribution in [3.63, 3.8) is 0 Å². The van der Waals surface area contributed by atoms with Crippen molar-refractivity contribution in [3.05, 3.63) is 64.7 Å². The zero-order chi connectivity index (χ0) is 23.1. The van der Waals surface area contributed by atoms with E-state index in [4.69, 9.17) is 16.6 Å². The molecule has 32 heavy (non-hydrogen) atoms. The lowest BCUT2D eigenvalue weighted by atomic mass is 10.0. The van der Waals surface area contributed by atoms with Crippen LogP contribution in [0.1, 0.15) is 31.9 Å². The SMILES string of the molecule is C/C=C(Cl)\C1=N/C(C)Nc2cccc(c2)CCc2cc(ccc2NC(=O)NC(C)CO)N1. The molecular formula is C24H30ClN5O2. The molecule has 0 fully saturated rings. The van der Waals surface area contributed by atoms with Gasteiger partial charge in [0.15, 0.2) is 0 Å². The fourth-order valence-corrected chi connectivity index (χ4v) is 3.51. The molecule has 1 heterocycles. The van der Waals surface area contributed by atoms with Crippen LogP contribution >= 0.6 is 11.6 Å². The standard InChI is InChI=1S/C24H30ClN5O2/c1-4-21(25)23-28-16(3)27-19-7-5-6-17(12-19)8-9-18-13-20(29-23)10-11-22(18)30-24(32)26-15(2)14-31/h4-7,10-13,15-16,27,31H,8-9,14H2,1-3H3,(H,28,29)(H2,26,30,32)/b21-4+. The van der Waals surface area contributed by atoms with Crippen LogP contribution in [0.2, 0.25) is 0 Å². The number of aliphatic hydroxyl groups excluding tert-OH is 1. The maximum absolute atomic E-state index is 12.3. The van der Waals surface area contributed by atoms with E-state index in [0.717, 1.165) is 29.8 Å². The van der Waals surface area contributed by atoms with Gasteiger partial charge in [0, 0.05) is 17.1 Å². The van der Waals surface area contributed by atoms with Gasteiger partial charge in [-0.3, -0.25) is 0 Å². The zero-order valence-electron chi connectivity index (χ0n) is 18.6. The number of carbonyl (C=O) groups excluding carboxylic acids is 1. The predicted octanol–water partition coefficient (Wildman–Crippen LogP) is 4.70. The molecule has 0 saturated carbocycles. The molecule has 0 radical (unpaired) electrons. The summed E-state index contributed by atoms with van der Waals surface area (Å²) in [5.74, 6) is 0.561. The number of hydrogen-bond donors (Lipinski definition) is 5. The van der Waals surface area contributed by atoms with Gasteiger partial charge in [-0.15, -0.1) is 0 Å². The first-order valence-corrected chi connectivity index (χ1v) is 11.1. The van der Waals surface area contributed by atoms with Crippen molar-refractivity contribution in [1.82, 2.24) is 5.32 Å². The summed E-state index contributed by atoms with van der Waals surface area (Å²) >= 11 is 6.43. The lowest BCUT2D eigenvalue weighted by molar-refractivity contribution is 0.229. The summed E-state index contributed by atoms with van der Waals surface area (Å²) in [5.41, 5.74) is 4.68. The molecule has 3 rings (SSSR count). The van der Waals surface area contributed by atoms with Gasteiger partial charge in [0.1, 0.15) is 12.0 Å². The van der Waals surface area contributed by atoms with Crippen LogP contribution in [0.15, 0.2) is 58.6 Å². The minimum Gasteiger partial charge on any atom is -0.394 e. The minimum atomic E-state index is -0.356. The van der Waals surface area contributed by atoms with Gasteiger partial charge >= 0.3 is 6.03 Å². The average molecular weight is 456 g/mol. The number of amides is 2. The molecule has 2 aromatic rings. The van der Waals surface area contributed by atoms with Crippen molar-refractivity contribution in [2.75, 3.05) is 22.6 Å². The Labute approximate surface area is 194 Å². The van der Waals surface area contributed by atoms with Crippen LogP contribution in [-0.2, 0) is 12.8 Å². The highest BCUT2D eigenvalue weighted by atomic mass is 35.5. The maximum atomic E-state index is 12.3. The predicted molar refractivity (Wildman–Crippen MR) is 133 cm³/mol. The summed E-state index contributed by atoms with van der Waals surface area (Å²) in [7, 11) is 0. The Morgan fingerprint density at radius 2 is 2.09 bits per heavy atom. The summed E-state index contributed by atoms with van der Waals surface area (Å²) in [6.45, 7) is 5.44. The van der Waals surface area contributed by atoms with Gasteiger partial charge in [-0.05, 0) is 75.1 Å². The van der Waals surface area contributed by atoms with E-state index in [1.807, 2.05) is 44.2 Å². The number of rotatable bonds is 4. The summed E-state index contributed by atoms with van der Waals surface area (Å²) in [6, 6.07) is 13.3. The van der Waals surface area contributed by atoms with Crippen molar-refractivity contribution in [1.29, 1.82) is 0 Å². The van der Waals surface area contributed by atoms with E-state index in [-0.39, 0.29) is 24.8 Å². The highest BCUT2D eigenvalue weighted by Gasteiger charge is 2.14. The van der Waals surface area contributed by atoms with E-state index < -0.39 is 0 Å². The molecule has 5 N–H and O–H groups in total. The quantitative estimate of drug-likeness (QED) is 0.461. The molecule has 0 spiro atoms. The number of nitrogens with zero attached hydrogens (tertiary/aromatic N) is 1. The number of halogens is 1. The molecule has 7 nitrogen and oxygen atoms in total. The molecule has 1 aliphatic rings. The van der Waals surface area contributed by atoms with E-state index in [2.05, 4.69) is 33.4 Å². The second kappa shape index (κ2) is 11.0. The lowest BCUT2D eigenvalue weighted by Crippen LogP contribution is -2.38. The maximum Gasteiger partial charge on any atom is 0.319 e. The minimum absolute atomic E-state index is 0.125. The molecule has 2 aromatic carbocycles. The molecule has 0 aliphatic carbocycles. The number of hydrogen-bond acceptors (Lipinski definition) is 5. The molecule has 2 amide bonds. The monoisotopic (exact) mass is 455 g/mol. The fourth-order valence-electron chi connectivity index (χ4n) is 3.42. The smallest absolute Gasteiger partial charge is 0.319 e. The zero-order valence-corrected chi connectivity index (χ0v) is 19.3. The van der Waals surface area contributed by atoms with Crippen LogP contribution < -0.4 is 21.3 Å². The van der Waals surface area contributed by atoms with Crippen molar-refractivity contribution in [3.8, 4) is 0 Å². The number of allylic oxidation sites excluding steroid dienone is 1. The van der Waals surface area contributed by atoms with Gasteiger partial charge in [-0.2, -0.15) is 0 Å². The molecular weight excluding hydrogens is 426 g/mol. The number of urea groups is 1. The van der Waals surface area contributed by atoms with Crippen LogP contribution in [0.4, 0.5) is 21.9 Å². The molecule has 0 aromatic heterocycles. The Hall–Kier alpha value is -3.03. The number of aliphatic hydroxyl groups is 1. The number of nitrogens with one attached hydrogen (secondary N) is 4. The summed E-state index contributed by atoms with van der Waals surface area (Å²) in [6.07, 6.45) is 3.13. The lowest BCUT2D eigenvalue weighted by Gasteiger charge is -2.17. The van der Waals surface area contributed by atoms with Crippen LogP contribution in [0.25, 0.3) is 0 Å². The summed E-state index contributed by atoms with van der Waals surface area (Å²) in [5, 5.41) is 22.0. The van der Waals surface area contributed by atoms with Crippen molar-refractivity contribution >= 4 is 40.5 Å². The first-order chi connectivity index (χ1) is 15.4. The van der Waals surface area contributed by atoms with Crippen molar-refractivity contribution in [2.24, 2.45) is 4.99 Å². The molecule has 2 atom stereocenters. The second-order valence-electron chi connectivity index (χ2n) is 7.81. The van der Waals surface area contributed by atoms with Crippen LogP contribution in [-0.4, -0.2) is 35.8 Å². The highest BCUT2D eigenvalue weighted by Crippen LogP contribution is 2.25. The third-order valence-corrected chi connectivity index (χ3v) is 5.45. The van der Waals surface area contributed by atoms with E-state index in [9.17, 15) is 9.90 Å². The fraction of sp³-hybridized carbons (Fsp3) is 0.333. The van der Waals surface area contributed by atoms with Crippen LogP contribution in [0, 0.1) is 0 Å². The number of anilines is 3. The molecule has 1 aliphatic heterocycles. The topological polar surface area (TPSA) is 97.8 Å². The average Bonchev–Trinajstić information content (AvgIpc) is 2.78. The number of fused-ring (bicyclic) bond motifs is 4. The van der Waals surface area contributed by atoms with Gasteiger partial charge in [0.25, 0.3) is 0 Å². The Kier molecular flexibility index (Phi) is 8.14. The van der Waals surface area contributed by atoms with Gasteiger partial charge in [0.05, 0.1) is 17.7 Å². The molecule has 4 bridgehead atoms. The Balaban J connectivity index is 1.98. The van der Waals surface area contributed by atoms with E-state index in [0.29, 0.717) is 16.6 Å². The van der Waals surface area contributed by atoms with Gasteiger partial charge in [-0.25, -0.2) is 9.79 Å². The third kappa shape index (κ3) is 6.48. The number of amidine groups is 1. The number of benzene rings is 2. The molecule has 0 saturated heterocycles. The van der Waals surface area contributed by atoms with Gasteiger partial charge < -0.3 is 26.4 Å². The first kappa shape index (κ1) is 23.6. The number of aliphatic imine (C=N–C) groups is 1. The Morgan fingerprint density at radius 1 is 1.28 bits per heavy atom. The largest absolute Gasteiger partial charge is 0.394 e. The van der Waals surface area contributed by atoms with Gasteiger partial charge in [0.2, 0.25) is 0 Å². The Bertz CT molecular complexity index is 1020. The van der Waals surface area contributed by atoms with Gasteiger partial charge in [-0.1, -0.05) is 29.8 Å². The summed E-state index contributed by atoms with van der Waals surface area (Å²) in [4.78, 5) is 17.1. The number of aryl methyl sites for hydroxylation is 2. The third-order valence-electron chi connectivity index (χ3n) is 5.06. The van der Waals surface area contributed by atoms with E-state index in [1.54, 1.807) is 13.0 Å². The Morgan fingerprint density at radius 3 is 2.84 bits per heavy atom. The highest BCUT2D eigenvalue weighted by molar-refractivity contribution is 6.44. The van der Waals surface area contributed by atoms with Crippen molar-refractivity contribution in [2.45, 2.75) is 45.8 Å². The summed E-state index contributed by atoms with van der Waals surface area (Å²) < 4.78 is 0. The molecule has 170 valence electrons. The first-order valence-electron chi connectivity index (χ1n) is 10.7. The molecule has 8 heteroatoms. The van der Waals surface area contributed by atoms with E-state index in [1.165, 1.54) is 5.56 Å². The van der Waals surface area contributed by atoms with Crippen LogP contribution in [0.3, 0.4) is 0 Å². The normalized spacial score (nSPS) is 19.0.